The molecule has 168 valence electrons. The van der Waals surface area contributed by atoms with Crippen molar-refractivity contribution in [2.24, 2.45) is 0 Å². The standard InChI is InChI=1S/C23H26ClN5O2S/c1-4-19(28(2)3)21-26-27-23(29(21)14-16-8-6-5-7-9-16)32-15-20(30)25-22(31)17-10-12-18(24)13-11-17/h5-13,19H,4,14-15H2,1-3H3,(H,25,30,31)/t19-/m1/s1. The monoisotopic (exact) mass is 471 g/mol. The van der Waals surface area contributed by atoms with Crippen LogP contribution in [0.15, 0.2) is 59.8 Å². The molecule has 0 aliphatic carbocycles. The molecule has 0 spiro atoms. The number of nitrogens with zero attached hydrogens (tertiary/aromatic N) is 4. The van der Waals surface area contributed by atoms with Crippen LogP contribution in [0.2, 0.25) is 5.02 Å². The Labute approximate surface area is 197 Å². The molecule has 0 saturated carbocycles. The second-order valence-corrected chi connectivity index (χ2v) is 8.85. The maximum Gasteiger partial charge on any atom is 0.257 e. The van der Waals surface area contributed by atoms with Gasteiger partial charge in [0, 0.05) is 10.6 Å². The zero-order chi connectivity index (χ0) is 23.1. The van der Waals surface area contributed by atoms with Gasteiger partial charge in [-0.25, -0.2) is 0 Å². The topological polar surface area (TPSA) is 80.1 Å². The molecule has 0 aliphatic heterocycles. The number of hydrogen-bond donors (Lipinski definition) is 1. The molecule has 2 amide bonds. The number of halogens is 1. The molecule has 1 aromatic heterocycles. The molecule has 32 heavy (non-hydrogen) atoms. The maximum absolute atomic E-state index is 12.4. The van der Waals surface area contributed by atoms with Crippen LogP contribution in [-0.2, 0) is 11.3 Å². The summed E-state index contributed by atoms with van der Waals surface area (Å²) >= 11 is 7.11. The summed E-state index contributed by atoms with van der Waals surface area (Å²) in [5.74, 6) is 0.0367. The Balaban J connectivity index is 1.73. The van der Waals surface area contributed by atoms with E-state index in [1.54, 1.807) is 24.3 Å². The van der Waals surface area contributed by atoms with Gasteiger partial charge < -0.3 is 4.57 Å². The van der Waals surface area contributed by atoms with Gasteiger partial charge in [0.25, 0.3) is 5.91 Å². The molecule has 2 aromatic carbocycles. The van der Waals surface area contributed by atoms with Crippen LogP contribution < -0.4 is 5.32 Å². The van der Waals surface area contributed by atoms with E-state index < -0.39 is 11.8 Å². The summed E-state index contributed by atoms with van der Waals surface area (Å²) in [6.45, 7) is 2.70. The number of imide groups is 1. The van der Waals surface area contributed by atoms with Crippen LogP contribution in [0.4, 0.5) is 0 Å². The van der Waals surface area contributed by atoms with Crippen LogP contribution in [0, 0.1) is 0 Å². The number of nitrogens with one attached hydrogen (secondary N) is 1. The van der Waals surface area contributed by atoms with Crippen molar-refractivity contribution in [3.63, 3.8) is 0 Å². The summed E-state index contributed by atoms with van der Waals surface area (Å²) in [7, 11) is 4.02. The molecule has 1 N–H and O–H groups in total. The van der Waals surface area contributed by atoms with Crippen molar-refractivity contribution in [1.82, 2.24) is 25.0 Å². The number of thioether (sulfide) groups is 1. The second kappa shape index (κ2) is 11.3. The van der Waals surface area contributed by atoms with Crippen molar-refractivity contribution in [1.29, 1.82) is 0 Å². The van der Waals surface area contributed by atoms with Gasteiger partial charge in [-0.15, -0.1) is 10.2 Å². The lowest BCUT2D eigenvalue weighted by Gasteiger charge is -2.23. The van der Waals surface area contributed by atoms with Crippen molar-refractivity contribution in [2.45, 2.75) is 31.1 Å². The van der Waals surface area contributed by atoms with Gasteiger partial charge >= 0.3 is 0 Å². The Morgan fingerprint density at radius 2 is 1.78 bits per heavy atom. The van der Waals surface area contributed by atoms with Gasteiger partial charge in [0.05, 0.1) is 18.3 Å². The summed E-state index contributed by atoms with van der Waals surface area (Å²) in [6, 6.07) is 16.5. The van der Waals surface area contributed by atoms with Crippen molar-refractivity contribution >= 4 is 35.2 Å². The van der Waals surface area contributed by atoms with Gasteiger partial charge in [-0.3, -0.25) is 19.8 Å². The predicted molar refractivity (Wildman–Crippen MR) is 127 cm³/mol. The first kappa shape index (κ1) is 24.0. The highest BCUT2D eigenvalue weighted by Crippen LogP contribution is 2.26. The highest BCUT2D eigenvalue weighted by molar-refractivity contribution is 7.99. The molecule has 7 nitrogen and oxygen atoms in total. The maximum atomic E-state index is 12.4. The molecule has 0 bridgehead atoms. The van der Waals surface area contributed by atoms with Crippen molar-refractivity contribution in [2.75, 3.05) is 19.8 Å². The largest absolute Gasteiger partial charge is 0.300 e. The molecule has 0 saturated heterocycles. The first-order chi connectivity index (χ1) is 15.4. The predicted octanol–water partition coefficient (Wildman–Crippen LogP) is 4.04. The fourth-order valence-electron chi connectivity index (χ4n) is 3.31. The minimum Gasteiger partial charge on any atom is -0.300 e. The number of carbonyl (C=O) groups is 2. The van der Waals surface area contributed by atoms with E-state index in [4.69, 9.17) is 11.6 Å². The minimum absolute atomic E-state index is 0.0466. The number of rotatable bonds is 9. The lowest BCUT2D eigenvalue weighted by molar-refractivity contribution is -0.117. The third-order valence-corrected chi connectivity index (χ3v) is 6.15. The highest BCUT2D eigenvalue weighted by Gasteiger charge is 2.23. The van der Waals surface area contributed by atoms with Crippen LogP contribution >= 0.6 is 23.4 Å². The van der Waals surface area contributed by atoms with Gasteiger partial charge in [-0.1, -0.05) is 60.6 Å². The molecule has 3 aromatic rings. The summed E-state index contributed by atoms with van der Waals surface area (Å²) < 4.78 is 2.04. The van der Waals surface area contributed by atoms with Crippen LogP contribution in [0.25, 0.3) is 0 Å². The highest BCUT2D eigenvalue weighted by atomic mass is 35.5. The summed E-state index contributed by atoms with van der Waals surface area (Å²) in [6.07, 6.45) is 0.876. The summed E-state index contributed by atoms with van der Waals surface area (Å²) in [4.78, 5) is 26.8. The minimum atomic E-state index is -0.461. The van der Waals surface area contributed by atoms with Gasteiger partial charge in [0.1, 0.15) is 0 Å². The van der Waals surface area contributed by atoms with E-state index in [0.717, 1.165) is 17.8 Å². The first-order valence-corrected chi connectivity index (χ1v) is 11.6. The zero-order valence-electron chi connectivity index (χ0n) is 18.3. The SMILES string of the molecule is CC[C@H](c1nnc(SCC(=O)NC(=O)c2ccc(Cl)cc2)n1Cc1ccccc1)N(C)C. The summed E-state index contributed by atoms with van der Waals surface area (Å²) in [5, 5.41) is 12.4. The molecule has 0 unspecified atom stereocenters. The average Bonchev–Trinajstić information content (AvgIpc) is 3.15. The molecule has 0 radical (unpaired) electrons. The lowest BCUT2D eigenvalue weighted by atomic mass is 10.2. The molecule has 9 heteroatoms. The quantitative estimate of drug-likeness (QED) is 0.474. The Morgan fingerprint density at radius 1 is 1.09 bits per heavy atom. The Kier molecular flexibility index (Phi) is 8.44. The lowest BCUT2D eigenvalue weighted by Crippen LogP contribution is -2.31. The van der Waals surface area contributed by atoms with Gasteiger partial charge in [0.15, 0.2) is 11.0 Å². The molecular formula is C23H26ClN5O2S. The average molecular weight is 472 g/mol. The van der Waals surface area contributed by atoms with E-state index in [-0.39, 0.29) is 11.8 Å². The normalized spacial score (nSPS) is 12.0. The number of benzene rings is 2. The number of aromatic nitrogens is 3. The Bertz CT molecular complexity index is 1050. The van der Waals surface area contributed by atoms with E-state index in [2.05, 4.69) is 27.3 Å². The first-order valence-electron chi connectivity index (χ1n) is 10.2. The molecule has 0 fully saturated rings. The zero-order valence-corrected chi connectivity index (χ0v) is 19.9. The van der Waals surface area contributed by atoms with Crippen LogP contribution in [0.1, 0.15) is 41.1 Å². The van der Waals surface area contributed by atoms with Crippen molar-refractivity contribution in [3.8, 4) is 0 Å². The van der Waals surface area contributed by atoms with Gasteiger partial charge in [-0.05, 0) is 50.3 Å². The van der Waals surface area contributed by atoms with E-state index in [1.807, 2.05) is 49.0 Å². The van der Waals surface area contributed by atoms with E-state index in [9.17, 15) is 9.59 Å². The fraction of sp³-hybridized carbons (Fsp3) is 0.304. The van der Waals surface area contributed by atoms with Crippen LogP contribution in [0.5, 0.6) is 0 Å². The molecule has 1 atom stereocenters. The summed E-state index contributed by atoms with van der Waals surface area (Å²) in [5.41, 5.74) is 1.49. The van der Waals surface area contributed by atoms with Gasteiger partial charge in [-0.2, -0.15) is 0 Å². The molecular weight excluding hydrogens is 446 g/mol. The molecule has 1 heterocycles. The van der Waals surface area contributed by atoms with Crippen LogP contribution in [-0.4, -0.2) is 51.3 Å². The fourth-order valence-corrected chi connectivity index (χ4v) is 4.18. The van der Waals surface area contributed by atoms with Crippen molar-refractivity contribution in [3.05, 3.63) is 76.6 Å². The van der Waals surface area contributed by atoms with E-state index in [1.165, 1.54) is 11.8 Å². The smallest absolute Gasteiger partial charge is 0.257 e. The van der Waals surface area contributed by atoms with E-state index in [0.29, 0.717) is 22.3 Å². The van der Waals surface area contributed by atoms with Crippen LogP contribution in [0.3, 0.4) is 0 Å². The Hall–Kier alpha value is -2.68. The van der Waals surface area contributed by atoms with Gasteiger partial charge in [0.2, 0.25) is 5.91 Å². The molecule has 3 rings (SSSR count). The Morgan fingerprint density at radius 3 is 2.41 bits per heavy atom. The molecule has 0 aliphatic rings. The third-order valence-electron chi connectivity index (χ3n) is 4.93. The second-order valence-electron chi connectivity index (χ2n) is 7.47. The van der Waals surface area contributed by atoms with Crippen molar-refractivity contribution < 1.29 is 9.59 Å². The number of amides is 2. The number of hydrogen-bond acceptors (Lipinski definition) is 6. The third kappa shape index (κ3) is 6.18. The number of carbonyl (C=O) groups excluding carboxylic acids is 2. The van der Waals surface area contributed by atoms with E-state index >= 15 is 0 Å².